The molecule has 7 heteroatoms. The first-order valence-corrected chi connectivity index (χ1v) is 7.58. The lowest BCUT2D eigenvalue weighted by molar-refractivity contribution is 0.00578. The molecule has 3 rings (SSSR count). The van der Waals surface area contributed by atoms with Crippen molar-refractivity contribution in [3.8, 4) is 10.6 Å². The molecule has 110 valence electrons. The first-order chi connectivity index (χ1) is 9.80. The summed E-state index contributed by atoms with van der Waals surface area (Å²) in [6.07, 6.45) is 3.15. The Hall–Kier alpha value is -1.31. The maximum atomic E-state index is 14.4. The van der Waals surface area contributed by atoms with Crippen LogP contribution in [-0.2, 0) is 9.31 Å². The van der Waals surface area contributed by atoms with E-state index in [-0.39, 0.29) is 5.82 Å². The Balaban J connectivity index is 1.91. The minimum absolute atomic E-state index is 0.321. The first-order valence-electron chi connectivity index (χ1n) is 6.70. The third-order valence-electron chi connectivity index (χ3n) is 4.07. The molecule has 0 radical (unpaired) electrons. The number of hydrogen-bond acceptors (Lipinski definition) is 5. The van der Waals surface area contributed by atoms with Crippen LogP contribution in [0.1, 0.15) is 27.7 Å². The maximum Gasteiger partial charge on any atom is 0.499 e. The second-order valence-electron chi connectivity index (χ2n) is 6.04. The summed E-state index contributed by atoms with van der Waals surface area (Å²) < 4.78 is 26.1. The number of halogens is 1. The van der Waals surface area contributed by atoms with Gasteiger partial charge >= 0.3 is 7.12 Å². The number of thiazole rings is 1. The van der Waals surface area contributed by atoms with Gasteiger partial charge in [-0.2, -0.15) is 0 Å². The fourth-order valence-corrected chi connectivity index (χ4v) is 2.65. The zero-order valence-electron chi connectivity index (χ0n) is 12.4. The van der Waals surface area contributed by atoms with Crippen LogP contribution in [0.2, 0.25) is 0 Å². The predicted molar refractivity (Wildman–Crippen MR) is 81.0 cm³/mol. The molecule has 0 spiro atoms. The summed E-state index contributed by atoms with van der Waals surface area (Å²) in [6.45, 7) is 7.74. The van der Waals surface area contributed by atoms with Gasteiger partial charge in [-0.1, -0.05) is 0 Å². The molecule has 4 nitrogen and oxygen atoms in total. The normalized spacial score (nSPS) is 20.0. The lowest BCUT2D eigenvalue weighted by Crippen LogP contribution is -2.41. The number of nitrogens with zero attached hydrogens (tertiary/aromatic N) is 2. The molecule has 0 saturated carbocycles. The maximum absolute atomic E-state index is 14.4. The van der Waals surface area contributed by atoms with Gasteiger partial charge in [-0.05, 0) is 27.7 Å². The van der Waals surface area contributed by atoms with E-state index < -0.39 is 18.3 Å². The molecule has 0 unspecified atom stereocenters. The molecule has 3 heterocycles. The average Bonchev–Trinajstić information content (AvgIpc) is 2.96. The average molecular weight is 306 g/mol. The van der Waals surface area contributed by atoms with Crippen molar-refractivity contribution in [2.75, 3.05) is 0 Å². The van der Waals surface area contributed by atoms with E-state index in [4.69, 9.17) is 9.31 Å². The molecule has 0 N–H and O–H groups in total. The Morgan fingerprint density at radius 2 is 1.81 bits per heavy atom. The van der Waals surface area contributed by atoms with Crippen molar-refractivity contribution in [3.05, 3.63) is 29.8 Å². The van der Waals surface area contributed by atoms with Crippen LogP contribution in [0.15, 0.2) is 24.0 Å². The van der Waals surface area contributed by atoms with Crippen LogP contribution >= 0.6 is 11.3 Å². The number of pyridine rings is 1. The van der Waals surface area contributed by atoms with E-state index in [1.54, 1.807) is 11.7 Å². The highest BCUT2D eigenvalue weighted by molar-refractivity contribution is 7.13. The van der Waals surface area contributed by atoms with Gasteiger partial charge in [-0.15, -0.1) is 11.3 Å². The second kappa shape index (κ2) is 4.86. The summed E-state index contributed by atoms with van der Waals surface area (Å²) in [5, 5.41) is 0. The Bertz CT molecular complexity index is 645. The van der Waals surface area contributed by atoms with Crippen molar-refractivity contribution in [2.24, 2.45) is 0 Å². The Morgan fingerprint density at radius 1 is 1.14 bits per heavy atom. The van der Waals surface area contributed by atoms with Crippen LogP contribution in [0.25, 0.3) is 10.6 Å². The van der Waals surface area contributed by atoms with Crippen LogP contribution < -0.4 is 5.46 Å². The summed E-state index contributed by atoms with van der Waals surface area (Å²) in [5.74, 6) is -0.382. The zero-order chi connectivity index (χ0) is 15.3. The quantitative estimate of drug-likeness (QED) is 0.800. The Labute approximate surface area is 127 Å². The van der Waals surface area contributed by atoms with Gasteiger partial charge in [0.2, 0.25) is 0 Å². The van der Waals surface area contributed by atoms with Crippen LogP contribution in [0, 0.1) is 5.82 Å². The van der Waals surface area contributed by atoms with E-state index in [0.29, 0.717) is 11.2 Å². The molecule has 2 aromatic heterocycles. The summed E-state index contributed by atoms with van der Waals surface area (Å²) in [6, 6.07) is 1.40. The minimum Gasteiger partial charge on any atom is -0.399 e. The molecule has 0 aromatic carbocycles. The van der Waals surface area contributed by atoms with Gasteiger partial charge < -0.3 is 9.31 Å². The first kappa shape index (κ1) is 14.6. The molecule has 0 bridgehead atoms. The Kier molecular flexibility index (Phi) is 3.39. The summed E-state index contributed by atoms with van der Waals surface area (Å²) in [7, 11) is -0.738. The van der Waals surface area contributed by atoms with E-state index in [9.17, 15) is 4.39 Å². The van der Waals surface area contributed by atoms with Crippen molar-refractivity contribution < 1.29 is 13.7 Å². The third kappa shape index (κ3) is 2.50. The van der Waals surface area contributed by atoms with Crippen molar-refractivity contribution in [2.45, 2.75) is 38.9 Å². The molecular formula is C14H16BFN2O2S. The highest BCUT2D eigenvalue weighted by atomic mass is 32.1. The minimum atomic E-state index is -0.738. The molecule has 2 aromatic rings. The fraction of sp³-hybridized carbons (Fsp3) is 0.429. The number of rotatable bonds is 2. The smallest absolute Gasteiger partial charge is 0.399 e. The van der Waals surface area contributed by atoms with E-state index in [1.807, 2.05) is 27.7 Å². The molecule has 1 aliphatic heterocycles. The van der Waals surface area contributed by atoms with Gasteiger partial charge in [0.1, 0.15) is 5.82 Å². The van der Waals surface area contributed by atoms with E-state index in [1.165, 1.54) is 23.6 Å². The molecule has 0 atom stereocenters. The number of aromatic nitrogens is 2. The second-order valence-corrected chi connectivity index (χ2v) is 6.93. The summed E-state index contributed by atoms with van der Waals surface area (Å²) in [5.41, 5.74) is 1.58. The molecular weight excluding hydrogens is 290 g/mol. The molecule has 1 saturated heterocycles. The van der Waals surface area contributed by atoms with Crippen molar-refractivity contribution in [3.63, 3.8) is 0 Å². The van der Waals surface area contributed by atoms with Gasteiger partial charge in [0.25, 0.3) is 0 Å². The highest BCUT2D eigenvalue weighted by Crippen LogP contribution is 2.36. The van der Waals surface area contributed by atoms with Crippen molar-refractivity contribution in [1.82, 2.24) is 9.97 Å². The Morgan fingerprint density at radius 3 is 2.33 bits per heavy atom. The fourth-order valence-electron chi connectivity index (χ4n) is 2.06. The SMILES string of the molecule is CC1(C)OB(c2cnc(-c3cncs3)cc2F)OC1(C)C. The highest BCUT2D eigenvalue weighted by Gasteiger charge is 2.52. The van der Waals surface area contributed by atoms with E-state index in [0.717, 1.165) is 4.88 Å². The molecule has 1 aliphatic rings. The largest absolute Gasteiger partial charge is 0.499 e. The van der Waals surface area contributed by atoms with Crippen LogP contribution in [0.3, 0.4) is 0 Å². The summed E-state index contributed by atoms with van der Waals surface area (Å²) >= 11 is 1.42. The van der Waals surface area contributed by atoms with Crippen molar-refractivity contribution >= 4 is 23.9 Å². The predicted octanol–water partition coefficient (Wildman–Crippen LogP) is 2.64. The van der Waals surface area contributed by atoms with Gasteiger partial charge in [0.05, 0.1) is 27.3 Å². The number of hydrogen-bond donors (Lipinski definition) is 0. The van der Waals surface area contributed by atoms with E-state index in [2.05, 4.69) is 9.97 Å². The van der Waals surface area contributed by atoms with E-state index >= 15 is 0 Å². The van der Waals surface area contributed by atoms with Gasteiger partial charge in [-0.3, -0.25) is 9.97 Å². The van der Waals surface area contributed by atoms with Crippen LogP contribution in [0.5, 0.6) is 0 Å². The molecule has 0 amide bonds. The molecule has 21 heavy (non-hydrogen) atoms. The van der Waals surface area contributed by atoms with Crippen LogP contribution in [0.4, 0.5) is 4.39 Å². The van der Waals surface area contributed by atoms with Crippen LogP contribution in [-0.4, -0.2) is 28.3 Å². The molecule has 1 fully saturated rings. The van der Waals surface area contributed by atoms with Gasteiger partial charge in [0.15, 0.2) is 0 Å². The standard InChI is InChI=1S/C14H16BFN2O2S/c1-13(2)14(3,4)20-15(19-13)9-6-18-11(5-10(9)16)12-7-17-8-21-12/h5-8H,1-4H3. The van der Waals surface area contributed by atoms with Crippen molar-refractivity contribution in [1.29, 1.82) is 0 Å². The topological polar surface area (TPSA) is 44.2 Å². The van der Waals surface area contributed by atoms with Gasteiger partial charge in [0, 0.05) is 23.9 Å². The lowest BCUT2D eigenvalue weighted by Gasteiger charge is -2.32. The summed E-state index contributed by atoms with van der Waals surface area (Å²) in [4.78, 5) is 9.09. The lowest BCUT2D eigenvalue weighted by atomic mass is 9.80. The monoisotopic (exact) mass is 306 g/mol. The molecule has 0 aliphatic carbocycles. The van der Waals surface area contributed by atoms with Gasteiger partial charge in [-0.25, -0.2) is 4.39 Å². The zero-order valence-corrected chi connectivity index (χ0v) is 13.2. The third-order valence-corrected chi connectivity index (χ3v) is 4.87.